The standard InChI is InChI=1S/C18H29NO/c1-6-19-16(14-8-9-14)12-20-17-10-7-13(2)11-15(17)18(3,4)5/h7,10-11,14,16,19H,6,8-9,12H2,1-5H3. The number of rotatable bonds is 6. The van der Waals surface area contributed by atoms with Crippen LogP contribution in [0.15, 0.2) is 18.2 Å². The van der Waals surface area contributed by atoms with Gasteiger partial charge < -0.3 is 10.1 Å². The van der Waals surface area contributed by atoms with Crippen LogP contribution in [0.4, 0.5) is 0 Å². The predicted octanol–water partition coefficient (Wildman–Crippen LogP) is 4.06. The molecule has 0 radical (unpaired) electrons. The molecule has 0 aliphatic heterocycles. The van der Waals surface area contributed by atoms with Crippen molar-refractivity contribution in [3.8, 4) is 5.75 Å². The Balaban J connectivity index is 2.08. The highest BCUT2D eigenvalue weighted by atomic mass is 16.5. The molecule has 1 aromatic rings. The van der Waals surface area contributed by atoms with E-state index in [0.29, 0.717) is 6.04 Å². The van der Waals surface area contributed by atoms with Crippen molar-refractivity contribution in [2.45, 2.75) is 58.9 Å². The molecule has 0 saturated heterocycles. The highest BCUT2D eigenvalue weighted by molar-refractivity contribution is 5.41. The Morgan fingerprint density at radius 2 is 2.00 bits per heavy atom. The molecule has 2 heteroatoms. The smallest absolute Gasteiger partial charge is 0.123 e. The Morgan fingerprint density at radius 1 is 1.30 bits per heavy atom. The third kappa shape index (κ3) is 3.99. The fourth-order valence-corrected chi connectivity index (χ4v) is 2.66. The molecular formula is C18H29NO. The third-order valence-corrected chi connectivity index (χ3v) is 4.02. The van der Waals surface area contributed by atoms with Crippen LogP contribution in [0.5, 0.6) is 5.75 Å². The van der Waals surface area contributed by atoms with Crippen LogP contribution in [-0.4, -0.2) is 19.2 Å². The molecule has 0 heterocycles. The molecule has 2 nitrogen and oxygen atoms in total. The van der Waals surface area contributed by atoms with Crippen molar-refractivity contribution in [1.29, 1.82) is 0 Å². The van der Waals surface area contributed by atoms with Crippen LogP contribution in [0.1, 0.15) is 51.7 Å². The molecule has 1 aromatic carbocycles. The third-order valence-electron chi connectivity index (χ3n) is 4.02. The highest BCUT2D eigenvalue weighted by Crippen LogP contribution is 2.35. The summed E-state index contributed by atoms with van der Waals surface area (Å²) in [7, 11) is 0. The van der Waals surface area contributed by atoms with Crippen molar-refractivity contribution in [2.24, 2.45) is 5.92 Å². The summed E-state index contributed by atoms with van der Waals surface area (Å²) in [6.45, 7) is 12.9. The van der Waals surface area contributed by atoms with Gasteiger partial charge in [-0.1, -0.05) is 45.4 Å². The summed E-state index contributed by atoms with van der Waals surface area (Å²) >= 11 is 0. The van der Waals surface area contributed by atoms with Gasteiger partial charge in [-0.2, -0.15) is 0 Å². The lowest BCUT2D eigenvalue weighted by molar-refractivity contribution is 0.246. The fourth-order valence-electron chi connectivity index (χ4n) is 2.66. The second-order valence-corrected chi connectivity index (χ2v) is 7.06. The zero-order valence-corrected chi connectivity index (χ0v) is 13.6. The molecule has 1 fully saturated rings. The summed E-state index contributed by atoms with van der Waals surface area (Å²) in [5, 5.41) is 3.56. The van der Waals surface area contributed by atoms with Gasteiger partial charge in [-0.25, -0.2) is 0 Å². The molecule has 1 aliphatic carbocycles. The maximum Gasteiger partial charge on any atom is 0.123 e. The minimum atomic E-state index is 0.120. The first-order chi connectivity index (χ1) is 9.41. The number of hydrogen-bond acceptors (Lipinski definition) is 2. The summed E-state index contributed by atoms with van der Waals surface area (Å²) in [6, 6.07) is 7.04. The zero-order chi connectivity index (χ0) is 14.8. The molecule has 112 valence electrons. The summed E-state index contributed by atoms with van der Waals surface area (Å²) in [5.41, 5.74) is 2.73. The van der Waals surface area contributed by atoms with Crippen LogP contribution in [-0.2, 0) is 5.41 Å². The number of aryl methyl sites for hydroxylation is 1. The van der Waals surface area contributed by atoms with E-state index >= 15 is 0 Å². The van der Waals surface area contributed by atoms with E-state index in [-0.39, 0.29) is 5.41 Å². The molecule has 0 aromatic heterocycles. The number of nitrogens with one attached hydrogen (secondary N) is 1. The maximum atomic E-state index is 6.17. The molecule has 1 atom stereocenters. The molecule has 20 heavy (non-hydrogen) atoms. The van der Waals surface area contributed by atoms with Gasteiger partial charge in [0.1, 0.15) is 12.4 Å². The molecular weight excluding hydrogens is 246 g/mol. The van der Waals surface area contributed by atoms with Gasteiger partial charge >= 0.3 is 0 Å². The Bertz CT molecular complexity index is 443. The summed E-state index contributed by atoms with van der Waals surface area (Å²) in [6.07, 6.45) is 2.70. The van der Waals surface area contributed by atoms with Crippen molar-refractivity contribution >= 4 is 0 Å². The molecule has 1 aliphatic rings. The maximum absolute atomic E-state index is 6.17. The monoisotopic (exact) mass is 275 g/mol. The van der Waals surface area contributed by atoms with E-state index in [2.05, 4.69) is 58.1 Å². The SMILES string of the molecule is CCNC(COc1ccc(C)cc1C(C)(C)C)C1CC1. The van der Waals surface area contributed by atoms with E-state index in [0.717, 1.165) is 24.8 Å². The van der Waals surface area contributed by atoms with Gasteiger partial charge in [0.2, 0.25) is 0 Å². The van der Waals surface area contributed by atoms with Gasteiger partial charge in [-0.05, 0) is 49.3 Å². The summed E-state index contributed by atoms with van der Waals surface area (Å²) in [5.74, 6) is 1.87. The average molecular weight is 275 g/mol. The summed E-state index contributed by atoms with van der Waals surface area (Å²) < 4.78 is 6.17. The van der Waals surface area contributed by atoms with Gasteiger partial charge in [0.15, 0.2) is 0 Å². The van der Waals surface area contributed by atoms with Gasteiger partial charge in [0, 0.05) is 6.04 Å². The van der Waals surface area contributed by atoms with Crippen LogP contribution in [0.25, 0.3) is 0 Å². The Labute approximate surface area is 123 Å². The van der Waals surface area contributed by atoms with E-state index in [4.69, 9.17) is 4.74 Å². The lowest BCUT2D eigenvalue weighted by atomic mass is 9.85. The quantitative estimate of drug-likeness (QED) is 0.845. The van der Waals surface area contributed by atoms with Crippen molar-refractivity contribution in [1.82, 2.24) is 5.32 Å². The number of benzene rings is 1. The van der Waals surface area contributed by atoms with E-state index in [1.807, 2.05) is 0 Å². The first-order valence-electron chi connectivity index (χ1n) is 7.89. The fraction of sp³-hybridized carbons (Fsp3) is 0.667. The molecule has 1 N–H and O–H groups in total. The second-order valence-electron chi connectivity index (χ2n) is 7.06. The largest absolute Gasteiger partial charge is 0.492 e. The molecule has 0 amide bonds. The average Bonchev–Trinajstić information content (AvgIpc) is 3.18. The molecule has 2 rings (SSSR count). The number of hydrogen-bond donors (Lipinski definition) is 1. The molecule has 1 saturated carbocycles. The van der Waals surface area contributed by atoms with Crippen molar-refractivity contribution in [3.63, 3.8) is 0 Å². The molecule has 0 bridgehead atoms. The van der Waals surface area contributed by atoms with Crippen LogP contribution in [0, 0.1) is 12.8 Å². The normalized spacial score (nSPS) is 17.1. The topological polar surface area (TPSA) is 21.3 Å². The Morgan fingerprint density at radius 3 is 2.55 bits per heavy atom. The highest BCUT2D eigenvalue weighted by Gasteiger charge is 2.31. The predicted molar refractivity (Wildman–Crippen MR) is 85.6 cm³/mol. The van der Waals surface area contributed by atoms with Crippen molar-refractivity contribution in [2.75, 3.05) is 13.2 Å². The number of ether oxygens (including phenoxy) is 1. The van der Waals surface area contributed by atoms with E-state index in [1.54, 1.807) is 0 Å². The van der Waals surface area contributed by atoms with E-state index in [9.17, 15) is 0 Å². The van der Waals surface area contributed by atoms with Gasteiger partial charge in [-0.15, -0.1) is 0 Å². The minimum absolute atomic E-state index is 0.120. The van der Waals surface area contributed by atoms with E-state index < -0.39 is 0 Å². The van der Waals surface area contributed by atoms with Crippen LogP contribution in [0.2, 0.25) is 0 Å². The second kappa shape index (κ2) is 6.17. The number of likely N-dealkylation sites (N-methyl/N-ethyl adjacent to an activating group) is 1. The molecule has 1 unspecified atom stereocenters. The first kappa shape index (κ1) is 15.4. The van der Waals surface area contributed by atoms with Gasteiger partial charge in [0.05, 0.1) is 0 Å². The van der Waals surface area contributed by atoms with Crippen LogP contribution < -0.4 is 10.1 Å². The summed E-state index contributed by atoms with van der Waals surface area (Å²) in [4.78, 5) is 0. The minimum Gasteiger partial charge on any atom is -0.492 e. The van der Waals surface area contributed by atoms with Crippen molar-refractivity contribution < 1.29 is 4.74 Å². The Hall–Kier alpha value is -1.02. The lowest BCUT2D eigenvalue weighted by Crippen LogP contribution is -2.36. The molecule has 0 spiro atoms. The first-order valence-corrected chi connectivity index (χ1v) is 7.89. The van der Waals surface area contributed by atoms with Gasteiger partial charge in [0.25, 0.3) is 0 Å². The van der Waals surface area contributed by atoms with Crippen molar-refractivity contribution in [3.05, 3.63) is 29.3 Å². The zero-order valence-electron chi connectivity index (χ0n) is 13.6. The van der Waals surface area contributed by atoms with Crippen LogP contribution >= 0.6 is 0 Å². The Kier molecular flexibility index (Phi) is 4.74. The van der Waals surface area contributed by atoms with Gasteiger partial charge in [-0.3, -0.25) is 0 Å². The lowest BCUT2D eigenvalue weighted by Gasteiger charge is -2.25. The van der Waals surface area contributed by atoms with E-state index in [1.165, 1.54) is 24.0 Å². The van der Waals surface area contributed by atoms with Crippen LogP contribution in [0.3, 0.4) is 0 Å².